The number of hydrogen-bond donors (Lipinski definition) is 1. The smallest absolute Gasteiger partial charge is 0.167 e. The molecule has 2 heterocycles. The van der Waals surface area contributed by atoms with E-state index in [9.17, 15) is 9.18 Å². The molecule has 1 aromatic carbocycles. The van der Waals surface area contributed by atoms with Gasteiger partial charge in [-0.1, -0.05) is 12.1 Å². The van der Waals surface area contributed by atoms with Crippen molar-refractivity contribution in [2.45, 2.75) is 31.1 Å². The maximum atomic E-state index is 13.9. The van der Waals surface area contributed by atoms with Gasteiger partial charge in [0.05, 0.1) is 0 Å². The lowest BCUT2D eigenvalue weighted by Gasteiger charge is -2.45. The number of nitrogens with zero attached hydrogens (tertiary/aromatic N) is 1. The predicted octanol–water partition coefficient (Wildman–Crippen LogP) is 2.44. The highest BCUT2D eigenvalue weighted by Gasteiger charge is 2.43. The molecule has 1 fully saturated rings. The van der Waals surface area contributed by atoms with Crippen LogP contribution in [-0.4, -0.2) is 36.1 Å². The summed E-state index contributed by atoms with van der Waals surface area (Å²) in [5.74, 6) is 0.126. The van der Waals surface area contributed by atoms with Crippen LogP contribution >= 0.6 is 0 Å². The van der Waals surface area contributed by atoms with E-state index in [0.29, 0.717) is 19.4 Å². The molecule has 2 atom stereocenters. The molecule has 1 spiro atoms. The minimum atomic E-state index is -0.968. The largest absolute Gasteiger partial charge is 0.378 e. The molecule has 1 saturated heterocycles. The van der Waals surface area contributed by atoms with Gasteiger partial charge in [0, 0.05) is 36.2 Å². The van der Waals surface area contributed by atoms with E-state index in [0.717, 1.165) is 17.7 Å². The maximum absolute atomic E-state index is 13.9. The summed E-state index contributed by atoms with van der Waals surface area (Å²) in [4.78, 5) is 13.9. The Morgan fingerprint density at radius 3 is 3.00 bits per heavy atom. The van der Waals surface area contributed by atoms with Crippen LogP contribution in [0.1, 0.15) is 29.6 Å². The summed E-state index contributed by atoms with van der Waals surface area (Å²) in [5.41, 5.74) is 1.19. The Balaban J connectivity index is 1.92. The van der Waals surface area contributed by atoms with Crippen LogP contribution in [0, 0.1) is 0 Å². The van der Waals surface area contributed by atoms with Gasteiger partial charge in [0.25, 0.3) is 0 Å². The van der Waals surface area contributed by atoms with Crippen molar-refractivity contribution in [2.24, 2.45) is 0 Å². The van der Waals surface area contributed by atoms with Gasteiger partial charge in [0.1, 0.15) is 0 Å². The first-order valence-electron chi connectivity index (χ1n) is 6.34. The Morgan fingerprint density at radius 2 is 2.22 bits per heavy atom. The van der Waals surface area contributed by atoms with Crippen molar-refractivity contribution in [3.8, 4) is 0 Å². The number of nitrogens with one attached hydrogen (secondary N) is 1. The Kier molecular flexibility index (Phi) is 2.63. The van der Waals surface area contributed by atoms with E-state index in [-0.39, 0.29) is 5.78 Å². The molecule has 0 radical (unpaired) electrons. The molecule has 3 nitrogen and oxygen atoms in total. The highest BCUT2D eigenvalue weighted by molar-refractivity contribution is 6.04. The maximum Gasteiger partial charge on any atom is 0.167 e. The number of halogens is 1. The third kappa shape index (κ3) is 1.81. The van der Waals surface area contributed by atoms with Crippen molar-refractivity contribution in [3.05, 3.63) is 29.8 Å². The van der Waals surface area contributed by atoms with E-state index in [4.69, 9.17) is 0 Å². The topological polar surface area (TPSA) is 32.3 Å². The van der Waals surface area contributed by atoms with Gasteiger partial charge in [-0.25, -0.2) is 4.39 Å². The number of carbonyl (C=O) groups excluding carboxylic acids is 1. The van der Waals surface area contributed by atoms with Crippen LogP contribution in [0.3, 0.4) is 0 Å². The van der Waals surface area contributed by atoms with Crippen molar-refractivity contribution < 1.29 is 9.18 Å². The minimum Gasteiger partial charge on any atom is -0.378 e. The van der Waals surface area contributed by atoms with Gasteiger partial charge in [0.15, 0.2) is 12.1 Å². The van der Waals surface area contributed by atoms with Crippen molar-refractivity contribution >= 4 is 11.5 Å². The average molecular weight is 248 g/mol. The van der Waals surface area contributed by atoms with E-state index in [1.165, 1.54) is 0 Å². The number of alkyl halides is 1. The molecule has 0 aromatic heterocycles. The van der Waals surface area contributed by atoms with Crippen molar-refractivity contribution in [1.29, 1.82) is 0 Å². The number of likely N-dealkylation sites (tertiary alicyclic amines) is 1. The summed E-state index contributed by atoms with van der Waals surface area (Å²) < 4.78 is 13.9. The Hall–Kier alpha value is -1.42. The lowest BCUT2D eigenvalue weighted by atomic mass is 9.78. The van der Waals surface area contributed by atoms with E-state index < -0.39 is 11.8 Å². The second kappa shape index (κ2) is 4.05. The fourth-order valence-electron chi connectivity index (χ4n) is 2.95. The zero-order chi connectivity index (χ0) is 12.8. The molecule has 0 aliphatic carbocycles. The molecular weight excluding hydrogens is 231 g/mol. The van der Waals surface area contributed by atoms with Crippen LogP contribution in [0.25, 0.3) is 0 Å². The molecule has 1 aromatic rings. The molecule has 18 heavy (non-hydrogen) atoms. The number of hydrogen-bond acceptors (Lipinski definition) is 3. The third-order valence-corrected chi connectivity index (χ3v) is 4.11. The lowest BCUT2D eigenvalue weighted by Crippen LogP contribution is -2.54. The molecule has 0 bridgehead atoms. The van der Waals surface area contributed by atoms with Gasteiger partial charge in [-0.2, -0.15) is 0 Å². The van der Waals surface area contributed by atoms with Crippen molar-refractivity contribution in [1.82, 2.24) is 4.90 Å². The summed E-state index contributed by atoms with van der Waals surface area (Å²) in [6.45, 7) is 0.684. The molecule has 0 amide bonds. The highest BCUT2D eigenvalue weighted by atomic mass is 19.1. The van der Waals surface area contributed by atoms with Gasteiger partial charge >= 0.3 is 0 Å². The highest BCUT2D eigenvalue weighted by Crippen LogP contribution is 2.39. The van der Waals surface area contributed by atoms with E-state index in [1.54, 1.807) is 11.9 Å². The van der Waals surface area contributed by atoms with Crippen LogP contribution in [0.4, 0.5) is 10.1 Å². The summed E-state index contributed by atoms with van der Waals surface area (Å²) in [6.07, 6.45) is 0.621. The fourth-order valence-corrected chi connectivity index (χ4v) is 2.95. The number of fused-ring (bicyclic) bond motifs is 1. The normalized spacial score (nSPS) is 32.1. The molecule has 2 aliphatic heterocycles. The Morgan fingerprint density at radius 1 is 1.44 bits per heavy atom. The van der Waals surface area contributed by atoms with Gasteiger partial charge in [0.2, 0.25) is 0 Å². The fraction of sp³-hybridized carbons (Fsp3) is 0.500. The van der Waals surface area contributed by atoms with Gasteiger partial charge in [-0.3, -0.25) is 9.69 Å². The number of para-hydroxylation sites is 1. The molecule has 2 unspecified atom stereocenters. The van der Waals surface area contributed by atoms with Crippen LogP contribution in [0.5, 0.6) is 0 Å². The SMILES string of the molecule is CN1CCC2(CC(=O)c3ccccc3N2)CC1F. The molecule has 1 N–H and O–H groups in total. The minimum absolute atomic E-state index is 0.126. The van der Waals surface area contributed by atoms with Gasteiger partial charge in [-0.05, 0) is 25.6 Å². The quantitative estimate of drug-likeness (QED) is 0.716. The summed E-state index contributed by atoms with van der Waals surface area (Å²) >= 11 is 0. The van der Waals surface area contributed by atoms with Crippen LogP contribution < -0.4 is 5.32 Å². The summed E-state index contributed by atoms with van der Waals surface area (Å²) in [7, 11) is 1.79. The van der Waals surface area contributed by atoms with Gasteiger partial charge < -0.3 is 5.32 Å². The van der Waals surface area contributed by atoms with Gasteiger partial charge in [-0.15, -0.1) is 0 Å². The molecule has 3 rings (SSSR count). The number of anilines is 1. The first-order chi connectivity index (χ1) is 8.60. The van der Waals surface area contributed by atoms with Crippen LogP contribution in [0.2, 0.25) is 0 Å². The first-order valence-corrected chi connectivity index (χ1v) is 6.34. The monoisotopic (exact) mass is 248 g/mol. The average Bonchev–Trinajstić information content (AvgIpc) is 2.35. The first kappa shape index (κ1) is 11.7. The molecule has 96 valence electrons. The number of ketones is 1. The number of rotatable bonds is 0. The van der Waals surface area contributed by atoms with Crippen LogP contribution in [-0.2, 0) is 0 Å². The second-order valence-corrected chi connectivity index (χ2v) is 5.42. The lowest BCUT2D eigenvalue weighted by molar-refractivity contribution is 0.0335. The third-order valence-electron chi connectivity index (χ3n) is 4.11. The zero-order valence-electron chi connectivity index (χ0n) is 10.4. The van der Waals surface area contributed by atoms with Crippen molar-refractivity contribution in [3.63, 3.8) is 0 Å². The molecule has 2 aliphatic rings. The van der Waals surface area contributed by atoms with E-state index >= 15 is 0 Å². The summed E-state index contributed by atoms with van der Waals surface area (Å²) in [5, 5.41) is 3.41. The molecule has 4 heteroatoms. The second-order valence-electron chi connectivity index (χ2n) is 5.42. The van der Waals surface area contributed by atoms with Crippen LogP contribution in [0.15, 0.2) is 24.3 Å². The predicted molar refractivity (Wildman–Crippen MR) is 68.5 cm³/mol. The summed E-state index contributed by atoms with van der Waals surface area (Å²) in [6, 6.07) is 7.50. The number of Topliss-reactive ketones (excluding diaryl/α,β-unsaturated/α-hetero) is 1. The molecular formula is C14H17FN2O. The number of benzene rings is 1. The van der Waals surface area contributed by atoms with E-state index in [2.05, 4.69) is 5.32 Å². The Bertz CT molecular complexity index is 490. The van der Waals surface area contributed by atoms with Crippen molar-refractivity contribution in [2.75, 3.05) is 18.9 Å². The number of piperidine rings is 1. The standard InChI is InChI=1S/C14H17FN2O/c1-17-7-6-14(9-13(17)15)8-12(18)10-4-2-3-5-11(10)16-14/h2-5,13,16H,6-9H2,1H3. The zero-order valence-corrected chi connectivity index (χ0v) is 10.4. The van der Waals surface area contributed by atoms with E-state index in [1.807, 2.05) is 24.3 Å². The number of carbonyl (C=O) groups is 1. The Labute approximate surface area is 106 Å². The molecule has 0 saturated carbocycles.